The fourth-order valence-corrected chi connectivity index (χ4v) is 7.22. The van der Waals surface area contributed by atoms with Gasteiger partial charge < -0.3 is 28.8 Å². The molecule has 5 saturated heterocycles. The third kappa shape index (κ3) is 1.43. The van der Waals surface area contributed by atoms with Crippen LogP contribution in [-0.2, 0) is 10.2 Å². The Kier molecular flexibility index (Phi) is 2.60. The van der Waals surface area contributed by atoms with Crippen LogP contribution >= 0.6 is 0 Å². The standard InChI is InChI=1S/C21H22N2O5/c1-3-10-7-23(24)14-6-21-16(23)4-11(10)12(14)8-26-20(21)22-13-5-15-18(28-9-27-15)19(25-2)17(13)21/h3,5,11-12,14,16H,4,6-9H2,1-2H3/b10-3-/t11-,12?,14+,16+,21-,23?/m1/s1. The SMILES string of the molecule is C/C=C1/C[N+]2([O-])[C@H]3C[C@]45C(=Nc6cc7c(c(OC)c64)OCO7)OCC3[C@@H]1C[C@@H]52. The molecular formula is C21H22N2O5. The quantitative estimate of drug-likeness (QED) is 0.424. The van der Waals surface area contributed by atoms with Crippen molar-refractivity contribution in [1.29, 1.82) is 0 Å². The lowest BCUT2D eigenvalue weighted by atomic mass is 9.67. The van der Waals surface area contributed by atoms with E-state index in [9.17, 15) is 5.21 Å². The molecule has 0 aromatic heterocycles. The van der Waals surface area contributed by atoms with Gasteiger partial charge >= 0.3 is 0 Å². The zero-order valence-corrected chi connectivity index (χ0v) is 15.9. The second-order valence-electron chi connectivity index (χ2n) is 8.91. The van der Waals surface area contributed by atoms with E-state index in [-0.39, 0.29) is 29.4 Å². The van der Waals surface area contributed by atoms with Crippen molar-refractivity contribution in [3.8, 4) is 17.2 Å². The summed E-state index contributed by atoms with van der Waals surface area (Å²) in [5.74, 6) is 3.36. The number of allylic oxidation sites excluding steroid dienone is 1. The largest absolute Gasteiger partial charge is 0.632 e. The average molecular weight is 382 g/mol. The van der Waals surface area contributed by atoms with Crippen molar-refractivity contribution in [3.05, 3.63) is 28.5 Å². The Morgan fingerprint density at radius 3 is 3.07 bits per heavy atom. The number of methoxy groups -OCH3 is 1. The van der Waals surface area contributed by atoms with Crippen LogP contribution in [0.15, 0.2) is 22.7 Å². The monoisotopic (exact) mass is 382 g/mol. The topological polar surface area (TPSA) is 72.3 Å². The highest BCUT2D eigenvalue weighted by Gasteiger charge is 2.75. The number of quaternary nitrogens is 1. The lowest BCUT2D eigenvalue weighted by Gasteiger charge is -2.63. The highest BCUT2D eigenvalue weighted by Crippen LogP contribution is 2.68. The molecule has 7 nitrogen and oxygen atoms in total. The van der Waals surface area contributed by atoms with Crippen LogP contribution in [-0.4, -0.2) is 49.7 Å². The van der Waals surface area contributed by atoms with Crippen molar-refractivity contribution in [2.24, 2.45) is 16.8 Å². The van der Waals surface area contributed by atoms with E-state index in [1.807, 2.05) is 6.07 Å². The predicted octanol–water partition coefficient (Wildman–Crippen LogP) is 2.79. The average Bonchev–Trinajstić information content (AvgIpc) is 3.27. The summed E-state index contributed by atoms with van der Waals surface area (Å²) < 4.78 is 23.4. The lowest BCUT2D eigenvalue weighted by molar-refractivity contribution is -0.932. The predicted molar refractivity (Wildman–Crippen MR) is 99.9 cm³/mol. The third-order valence-electron chi connectivity index (χ3n) is 8.22. The summed E-state index contributed by atoms with van der Waals surface area (Å²) >= 11 is 0. The summed E-state index contributed by atoms with van der Waals surface area (Å²) in [5.41, 5.74) is 2.57. The van der Waals surface area contributed by atoms with Crippen LogP contribution in [0.4, 0.5) is 5.69 Å². The van der Waals surface area contributed by atoms with Crippen molar-refractivity contribution in [2.75, 3.05) is 27.1 Å². The first kappa shape index (κ1) is 15.6. The molecule has 8 rings (SSSR count). The van der Waals surface area contributed by atoms with Crippen molar-refractivity contribution >= 4 is 11.6 Å². The first-order chi connectivity index (χ1) is 13.6. The van der Waals surface area contributed by atoms with Crippen LogP contribution in [0.3, 0.4) is 0 Å². The van der Waals surface area contributed by atoms with Gasteiger partial charge in [0.15, 0.2) is 11.5 Å². The first-order valence-corrected chi connectivity index (χ1v) is 10.1. The first-order valence-electron chi connectivity index (χ1n) is 10.1. The number of hydrogen-bond donors (Lipinski definition) is 0. The van der Waals surface area contributed by atoms with Crippen molar-refractivity contribution in [2.45, 2.75) is 37.3 Å². The Labute approximate surface area is 162 Å². The molecule has 6 atom stereocenters. The van der Waals surface area contributed by atoms with E-state index in [4.69, 9.17) is 23.9 Å². The second-order valence-corrected chi connectivity index (χ2v) is 8.91. The summed E-state index contributed by atoms with van der Waals surface area (Å²) in [4.78, 5) is 4.88. The molecule has 0 radical (unpaired) electrons. The van der Waals surface area contributed by atoms with E-state index >= 15 is 0 Å². The van der Waals surface area contributed by atoms with E-state index in [2.05, 4.69) is 13.0 Å². The number of hydrogen-bond acceptors (Lipinski definition) is 6. The van der Waals surface area contributed by atoms with Crippen LogP contribution in [0.2, 0.25) is 0 Å². The Morgan fingerprint density at radius 1 is 1.36 bits per heavy atom. The number of piperidine rings is 3. The van der Waals surface area contributed by atoms with Crippen molar-refractivity contribution < 1.29 is 23.6 Å². The minimum absolute atomic E-state index is 0.0567. The van der Waals surface area contributed by atoms with Gasteiger partial charge in [0, 0.05) is 30.4 Å². The van der Waals surface area contributed by atoms with Crippen LogP contribution in [0, 0.1) is 17.0 Å². The molecule has 0 amide bonds. The number of nitrogens with zero attached hydrogens (tertiary/aromatic N) is 2. The van der Waals surface area contributed by atoms with Gasteiger partial charge in [-0.05, 0) is 12.5 Å². The maximum Gasteiger partial charge on any atom is 0.231 e. The van der Waals surface area contributed by atoms with E-state index < -0.39 is 5.41 Å². The molecule has 1 aromatic rings. The van der Waals surface area contributed by atoms with Crippen molar-refractivity contribution in [3.63, 3.8) is 0 Å². The number of fused-ring (bicyclic) bond motifs is 3. The number of ether oxygens (including phenoxy) is 4. The number of benzene rings is 1. The molecule has 1 aromatic carbocycles. The minimum Gasteiger partial charge on any atom is -0.632 e. The normalized spacial score (nSPS) is 44.2. The second kappa shape index (κ2) is 4.66. The van der Waals surface area contributed by atoms with Gasteiger partial charge in [-0.3, -0.25) is 0 Å². The summed E-state index contributed by atoms with van der Waals surface area (Å²) in [5, 5.41) is 14.3. The molecule has 1 spiro atoms. The van der Waals surface area contributed by atoms with E-state index in [0.29, 0.717) is 42.2 Å². The Bertz CT molecular complexity index is 1000. The molecule has 0 saturated carbocycles. The highest BCUT2D eigenvalue weighted by atomic mass is 16.7. The zero-order chi connectivity index (χ0) is 18.8. The molecule has 0 aliphatic carbocycles. The van der Waals surface area contributed by atoms with Gasteiger partial charge in [-0.25, -0.2) is 4.99 Å². The van der Waals surface area contributed by atoms with Gasteiger partial charge in [-0.2, -0.15) is 0 Å². The van der Waals surface area contributed by atoms with Crippen LogP contribution in [0.25, 0.3) is 0 Å². The van der Waals surface area contributed by atoms with Gasteiger partial charge in [-0.15, -0.1) is 0 Å². The molecule has 7 aliphatic heterocycles. The molecule has 146 valence electrons. The summed E-state index contributed by atoms with van der Waals surface area (Å²) in [6.45, 7) is 3.42. The molecule has 7 heterocycles. The van der Waals surface area contributed by atoms with Gasteiger partial charge in [0.2, 0.25) is 18.4 Å². The maximum atomic E-state index is 14.3. The maximum absolute atomic E-state index is 14.3. The summed E-state index contributed by atoms with van der Waals surface area (Å²) in [6.07, 6.45) is 3.83. The van der Waals surface area contributed by atoms with Gasteiger partial charge in [-0.1, -0.05) is 6.08 Å². The number of rotatable bonds is 1. The number of hydroxylamine groups is 3. The molecule has 7 aliphatic rings. The lowest BCUT2D eigenvalue weighted by Crippen LogP contribution is -2.69. The number of aliphatic imine (C=N–C) groups is 1. The molecular weight excluding hydrogens is 360 g/mol. The molecule has 5 fully saturated rings. The van der Waals surface area contributed by atoms with Gasteiger partial charge in [0.1, 0.15) is 18.0 Å². The fraction of sp³-hybridized carbons (Fsp3) is 0.571. The Morgan fingerprint density at radius 2 is 2.25 bits per heavy atom. The highest BCUT2D eigenvalue weighted by molar-refractivity contribution is 6.00. The third-order valence-corrected chi connectivity index (χ3v) is 8.22. The Balaban J connectivity index is 1.51. The molecule has 5 bridgehead atoms. The van der Waals surface area contributed by atoms with Crippen LogP contribution in [0.5, 0.6) is 17.2 Å². The summed E-state index contributed by atoms with van der Waals surface area (Å²) in [7, 11) is 1.65. The van der Waals surface area contributed by atoms with Crippen LogP contribution in [0.1, 0.15) is 25.3 Å². The zero-order valence-electron chi connectivity index (χ0n) is 15.9. The molecule has 0 N–H and O–H groups in total. The molecule has 2 unspecified atom stereocenters. The minimum atomic E-state index is -0.517. The van der Waals surface area contributed by atoms with E-state index in [1.54, 1.807) is 7.11 Å². The molecule has 28 heavy (non-hydrogen) atoms. The van der Waals surface area contributed by atoms with Crippen LogP contribution < -0.4 is 14.2 Å². The van der Waals surface area contributed by atoms with E-state index in [0.717, 1.165) is 24.1 Å². The Hall–Kier alpha value is -2.25. The van der Waals surface area contributed by atoms with Gasteiger partial charge in [0.25, 0.3) is 0 Å². The smallest absolute Gasteiger partial charge is 0.231 e. The fourth-order valence-electron chi connectivity index (χ4n) is 7.22. The van der Waals surface area contributed by atoms with Gasteiger partial charge in [0.05, 0.1) is 31.4 Å². The molecule has 7 heteroatoms. The summed E-state index contributed by atoms with van der Waals surface area (Å²) in [6, 6.07) is 1.89. The van der Waals surface area contributed by atoms with E-state index in [1.165, 1.54) is 5.57 Å². The van der Waals surface area contributed by atoms with Crippen molar-refractivity contribution in [1.82, 2.24) is 0 Å².